The van der Waals surface area contributed by atoms with Gasteiger partial charge in [-0.05, 0) is 37.9 Å². The molecule has 2 unspecified atom stereocenters. The number of nitrogens with one attached hydrogen (secondary N) is 3. The molecule has 1 aliphatic heterocycles. The van der Waals surface area contributed by atoms with Crippen LogP contribution in [0.25, 0.3) is 10.9 Å². The molecule has 0 bridgehead atoms. The molecule has 1 saturated heterocycles. The number of aromatic amines is 1. The number of rotatable bonds is 4. The van der Waals surface area contributed by atoms with Crippen molar-refractivity contribution in [2.24, 2.45) is 0 Å². The average Bonchev–Trinajstić information content (AvgIpc) is 3.32. The van der Waals surface area contributed by atoms with Crippen molar-refractivity contribution in [3.63, 3.8) is 0 Å². The second-order valence-electron chi connectivity index (χ2n) is 6.43. The van der Waals surface area contributed by atoms with Gasteiger partial charge in [-0.1, -0.05) is 6.07 Å². The van der Waals surface area contributed by atoms with E-state index in [9.17, 15) is 9.47 Å². The van der Waals surface area contributed by atoms with E-state index in [1.165, 1.54) is 11.3 Å². The van der Waals surface area contributed by atoms with Gasteiger partial charge in [0.25, 0.3) is 0 Å². The fourth-order valence-corrected chi connectivity index (χ4v) is 5.44. The van der Waals surface area contributed by atoms with Crippen LogP contribution in [0.5, 0.6) is 0 Å². The minimum absolute atomic E-state index is 0.409. The summed E-state index contributed by atoms with van der Waals surface area (Å²) in [5.41, 5.74) is 3.13. The lowest BCUT2D eigenvalue weighted by Gasteiger charge is -2.20. The van der Waals surface area contributed by atoms with E-state index in [1.807, 2.05) is 19.1 Å². The minimum Gasteiger partial charge on any atom is -0.358 e. The van der Waals surface area contributed by atoms with Crippen LogP contribution in [0, 0.1) is 18.3 Å². The first-order chi connectivity index (χ1) is 12.7. The predicted octanol–water partition coefficient (Wildman–Crippen LogP) is 3.41. The number of benzene rings is 1. The van der Waals surface area contributed by atoms with E-state index in [1.54, 1.807) is 12.4 Å². The number of hydrogen-bond acceptors (Lipinski definition) is 5. The van der Waals surface area contributed by atoms with Gasteiger partial charge >= 0.3 is 0 Å². The van der Waals surface area contributed by atoms with Gasteiger partial charge in [0.1, 0.15) is 10.3 Å². The number of anilines is 1. The molecular weight excluding hydrogens is 366 g/mol. The van der Waals surface area contributed by atoms with Gasteiger partial charge in [0.2, 0.25) is 0 Å². The summed E-state index contributed by atoms with van der Waals surface area (Å²) in [5, 5.41) is 14.6. The van der Waals surface area contributed by atoms with Crippen molar-refractivity contribution in [1.29, 1.82) is 5.26 Å². The fraction of sp³-hybridized carbons (Fsp3) is 0.333. The lowest BCUT2D eigenvalue weighted by molar-refractivity contribution is 0.460. The molecule has 0 saturated carbocycles. The Morgan fingerprint density at radius 3 is 3.12 bits per heavy atom. The SMILES string of the molecule is Cc1ccc(NS(=O)c2cnc(C3CCCNC3)s2)c2[nH]cc(C#N)c12. The molecule has 3 aromatic rings. The van der Waals surface area contributed by atoms with Crippen LogP contribution in [-0.4, -0.2) is 27.3 Å². The number of piperidine rings is 1. The highest BCUT2D eigenvalue weighted by Crippen LogP contribution is 2.32. The van der Waals surface area contributed by atoms with Gasteiger partial charge in [-0.15, -0.1) is 11.3 Å². The van der Waals surface area contributed by atoms with Crippen LogP contribution in [-0.2, 0) is 11.0 Å². The number of thiazole rings is 1. The molecular formula is C18H19N5OS2. The van der Waals surface area contributed by atoms with Crippen LogP contribution in [0.2, 0.25) is 0 Å². The second-order valence-corrected chi connectivity index (χ2v) is 8.93. The van der Waals surface area contributed by atoms with Crippen LogP contribution in [0.4, 0.5) is 5.69 Å². The van der Waals surface area contributed by atoms with Crippen molar-refractivity contribution < 1.29 is 4.21 Å². The third kappa shape index (κ3) is 3.14. The first-order valence-corrected chi connectivity index (χ1v) is 10.5. The van der Waals surface area contributed by atoms with Crippen molar-refractivity contribution in [1.82, 2.24) is 15.3 Å². The Labute approximate surface area is 158 Å². The topological polar surface area (TPSA) is 93.6 Å². The molecule has 0 radical (unpaired) electrons. The summed E-state index contributed by atoms with van der Waals surface area (Å²) in [7, 11) is -1.39. The van der Waals surface area contributed by atoms with Crippen molar-refractivity contribution in [3.8, 4) is 6.07 Å². The van der Waals surface area contributed by atoms with Gasteiger partial charge in [0, 0.05) is 24.0 Å². The summed E-state index contributed by atoms with van der Waals surface area (Å²) >= 11 is 1.51. The summed E-state index contributed by atoms with van der Waals surface area (Å²) < 4.78 is 16.6. The first-order valence-electron chi connectivity index (χ1n) is 8.53. The Morgan fingerprint density at radius 1 is 1.46 bits per heavy atom. The van der Waals surface area contributed by atoms with Gasteiger partial charge in [-0.2, -0.15) is 5.26 Å². The monoisotopic (exact) mass is 385 g/mol. The van der Waals surface area contributed by atoms with Gasteiger partial charge in [0.15, 0.2) is 11.0 Å². The zero-order valence-corrected chi connectivity index (χ0v) is 16.0. The maximum absolute atomic E-state index is 12.8. The average molecular weight is 386 g/mol. The number of aryl methyl sites for hydroxylation is 1. The summed E-state index contributed by atoms with van der Waals surface area (Å²) in [4.78, 5) is 7.61. The van der Waals surface area contributed by atoms with Crippen molar-refractivity contribution in [2.45, 2.75) is 29.9 Å². The van der Waals surface area contributed by atoms with E-state index >= 15 is 0 Å². The Kier molecular flexibility index (Phi) is 4.76. The maximum atomic E-state index is 12.8. The van der Waals surface area contributed by atoms with Gasteiger partial charge in [-0.3, -0.25) is 4.72 Å². The van der Waals surface area contributed by atoms with Crippen LogP contribution in [0.15, 0.2) is 28.7 Å². The first kappa shape index (κ1) is 17.2. The van der Waals surface area contributed by atoms with Crippen LogP contribution in [0.3, 0.4) is 0 Å². The highest BCUT2D eigenvalue weighted by atomic mass is 32.2. The number of nitrogens with zero attached hydrogens (tertiary/aromatic N) is 2. The lowest BCUT2D eigenvalue weighted by atomic mass is 10.0. The molecule has 8 heteroatoms. The third-order valence-electron chi connectivity index (χ3n) is 4.70. The van der Waals surface area contributed by atoms with Gasteiger partial charge in [0.05, 0.1) is 28.0 Å². The lowest BCUT2D eigenvalue weighted by Crippen LogP contribution is -2.28. The predicted molar refractivity (Wildman–Crippen MR) is 105 cm³/mol. The van der Waals surface area contributed by atoms with E-state index in [2.05, 4.69) is 26.1 Å². The number of nitriles is 1. The Bertz CT molecular complexity index is 1010. The van der Waals surface area contributed by atoms with Gasteiger partial charge in [-0.25, -0.2) is 9.19 Å². The highest BCUT2D eigenvalue weighted by Gasteiger charge is 2.20. The third-order valence-corrected chi connectivity index (χ3v) is 7.23. The van der Waals surface area contributed by atoms with Crippen LogP contribution < -0.4 is 10.0 Å². The van der Waals surface area contributed by atoms with E-state index in [0.717, 1.165) is 53.1 Å². The van der Waals surface area contributed by atoms with Crippen molar-refractivity contribution in [2.75, 3.05) is 17.8 Å². The molecule has 3 heterocycles. The zero-order valence-electron chi connectivity index (χ0n) is 14.3. The minimum atomic E-state index is -1.39. The van der Waals surface area contributed by atoms with Crippen LogP contribution >= 0.6 is 11.3 Å². The number of aromatic nitrogens is 2. The molecule has 1 aliphatic rings. The van der Waals surface area contributed by atoms with Crippen molar-refractivity contribution in [3.05, 3.63) is 40.7 Å². The second kappa shape index (κ2) is 7.19. The number of H-pyrrole nitrogens is 1. The van der Waals surface area contributed by atoms with E-state index < -0.39 is 11.0 Å². The molecule has 3 N–H and O–H groups in total. The standard InChI is InChI=1S/C18H19N5OS2/c1-11-4-5-14(17-16(11)13(7-19)9-21-17)23-26(24)15-10-22-18(25-15)12-3-2-6-20-8-12/h4-5,9-10,12,20-21,23H,2-3,6,8H2,1H3. The Hall–Kier alpha value is -2.21. The molecule has 1 aromatic carbocycles. The molecule has 134 valence electrons. The molecule has 2 aromatic heterocycles. The maximum Gasteiger partial charge on any atom is 0.162 e. The zero-order chi connectivity index (χ0) is 18.1. The molecule has 0 spiro atoms. The number of hydrogen-bond donors (Lipinski definition) is 3. The highest BCUT2D eigenvalue weighted by molar-refractivity contribution is 7.88. The number of fused-ring (bicyclic) bond motifs is 1. The summed E-state index contributed by atoms with van der Waals surface area (Å²) in [5.74, 6) is 0.409. The fourth-order valence-electron chi connectivity index (χ4n) is 3.35. The van der Waals surface area contributed by atoms with E-state index in [0.29, 0.717) is 15.7 Å². The van der Waals surface area contributed by atoms with Crippen LogP contribution in [0.1, 0.15) is 34.9 Å². The molecule has 4 rings (SSSR count). The Balaban J connectivity index is 1.58. The molecule has 26 heavy (non-hydrogen) atoms. The molecule has 0 amide bonds. The molecule has 0 aliphatic carbocycles. The summed E-state index contributed by atoms with van der Waals surface area (Å²) in [6.45, 7) is 3.96. The normalized spacial score (nSPS) is 18.5. The van der Waals surface area contributed by atoms with Gasteiger partial charge < -0.3 is 10.3 Å². The van der Waals surface area contributed by atoms with Crippen molar-refractivity contribution >= 4 is 38.9 Å². The molecule has 1 fully saturated rings. The molecule has 6 nitrogen and oxygen atoms in total. The van der Waals surface area contributed by atoms with E-state index in [4.69, 9.17) is 0 Å². The summed E-state index contributed by atoms with van der Waals surface area (Å²) in [6.07, 6.45) is 5.67. The molecule has 2 atom stereocenters. The van der Waals surface area contributed by atoms with E-state index in [-0.39, 0.29) is 0 Å². The summed E-state index contributed by atoms with van der Waals surface area (Å²) in [6, 6.07) is 6.02. The smallest absolute Gasteiger partial charge is 0.162 e. The Morgan fingerprint density at radius 2 is 2.35 bits per heavy atom. The largest absolute Gasteiger partial charge is 0.358 e. The quantitative estimate of drug-likeness (QED) is 0.641.